The van der Waals surface area contributed by atoms with Crippen LogP contribution in [0.3, 0.4) is 0 Å². The van der Waals surface area contributed by atoms with Crippen molar-refractivity contribution in [1.82, 2.24) is 5.43 Å². The quantitative estimate of drug-likeness (QED) is 0.248. The number of rotatable bonds is 4. The summed E-state index contributed by atoms with van der Waals surface area (Å²) in [4.78, 5) is 10.4. The molecule has 0 fully saturated rings. The number of hydrogen-bond acceptors (Lipinski definition) is 4. The van der Waals surface area contributed by atoms with Gasteiger partial charge in [-0.1, -0.05) is 66.2 Å². The Bertz CT molecular complexity index is 574. The van der Waals surface area contributed by atoms with Gasteiger partial charge in [-0.2, -0.15) is 0 Å². The number of carbonyl (C=O) groups excluding carboxylic acids is 1. The number of hydrazine groups is 1. The summed E-state index contributed by atoms with van der Waals surface area (Å²) in [6, 6.07) is 19.0. The molecule has 4 nitrogen and oxygen atoms in total. The molecule has 2 aromatic carbocycles. The first-order valence-corrected chi connectivity index (χ1v) is 8.54. The van der Waals surface area contributed by atoms with Gasteiger partial charge in [0.1, 0.15) is 0 Å². The second kappa shape index (κ2) is 20.6. The van der Waals surface area contributed by atoms with Gasteiger partial charge in [-0.3, -0.25) is 16.1 Å². The van der Waals surface area contributed by atoms with Crippen molar-refractivity contribution >= 4 is 40.9 Å². The van der Waals surface area contributed by atoms with E-state index in [1.165, 1.54) is 5.56 Å². The summed E-state index contributed by atoms with van der Waals surface area (Å²) in [5, 5.41) is -0.407. The molecule has 0 unspecified atom stereocenters. The predicted molar refractivity (Wildman–Crippen MR) is 114 cm³/mol. The van der Waals surface area contributed by atoms with Crippen LogP contribution in [0.4, 0.5) is 0 Å². The number of aryl methyl sites for hydroxylation is 1. The molecule has 2 aromatic rings. The smallest absolute Gasteiger partial charge is 0.870 e. The fourth-order valence-electron chi connectivity index (χ4n) is 1.41. The Morgan fingerprint density at radius 3 is 1.63 bits per heavy atom. The van der Waals surface area contributed by atoms with E-state index in [2.05, 4.69) is 24.5 Å². The minimum absolute atomic E-state index is 0. The van der Waals surface area contributed by atoms with Crippen LogP contribution in [0, 0.1) is 6.92 Å². The van der Waals surface area contributed by atoms with Crippen LogP contribution in [-0.4, -0.2) is 22.1 Å². The van der Waals surface area contributed by atoms with Crippen molar-refractivity contribution in [2.75, 3.05) is 5.88 Å². The second-order valence-electron chi connectivity index (χ2n) is 5.76. The van der Waals surface area contributed by atoms with Crippen LogP contribution >= 0.6 is 35.6 Å². The molecule has 0 aliphatic heterocycles. The molecule has 4 N–H and O–H groups in total. The first-order valence-electron chi connectivity index (χ1n) is 7.62. The largest absolute Gasteiger partial charge is 1.00 e. The summed E-state index contributed by atoms with van der Waals surface area (Å²) in [5.41, 5.74) is 4.51. The third-order valence-corrected chi connectivity index (χ3v) is 3.46. The topological polar surface area (TPSA) is 85.1 Å². The standard InChI is InChI=1S/C7H5ClO.C7H8.C5H13ClN2.ClH.Na.H2O/c8-7(9)6-4-2-1-3-5-6;1-7-5-3-2-4-6-7;1-5(2,8-7)3-4-6;;;/h1-5H;2-6H,1H3;8H,3-4,7H2,1-2H3;1H;;1H2/q;;;;+1;/p-1. The van der Waals surface area contributed by atoms with Crippen molar-refractivity contribution in [2.24, 2.45) is 5.84 Å². The maximum absolute atomic E-state index is 10.4. The minimum Gasteiger partial charge on any atom is -0.870 e. The van der Waals surface area contributed by atoms with Crippen molar-refractivity contribution in [3.8, 4) is 0 Å². The molecule has 8 heteroatoms. The van der Waals surface area contributed by atoms with Crippen LogP contribution < -0.4 is 40.8 Å². The summed E-state index contributed by atoms with van der Waals surface area (Å²) in [5.74, 6) is 5.83. The monoisotopic (exact) mass is 444 g/mol. The van der Waals surface area contributed by atoms with Crippen LogP contribution in [0.25, 0.3) is 0 Å². The Labute approximate surface area is 201 Å². The predicted octanol–water partition coefficient (Wildman–Crippen LogP) is 2.17. The van der Waals surface area contributed by atoms with Gasteiger partial charge in [-0.25, -0.2) is 0 Å². The van der Waals surface area contributed by atoms with Gasteiger partial charge in [0.05, 0.1) is 0 Å². The summed E-state index contributed by atoms with van der Waals surface area (Å²) in [7, 11) is 0. The second-order valence-corrected chi connectivity index (χ2v) is 6.48. The van der Waals surface area contributed by atoms with Gasteiger partial charge in [0, 0.05) is 17.0 Å². The average Bonchev–Trinajstić information content (AvgIpc) is 2.57. The SMILES string of the molecule is CC(C)(CCCl)NN.Cc1ccccc1.Cl.O=C(Cl)c1ccccc1.[Na+].[OH-]. The van der Waals surface area contributed by atoms with Crippen molar-refractivity contribution in [1.29, 1.82) is 0 Å². The molecular weight excluding hydrogens is 418 g/mol. The van der Waals surface area contributed by atoms with E-state index < -0.39 is 5.24 Å². The van der Waals surface area contributed by atoms with Gasteiger partial charge in [0.15, 0.2) is 0 Å². The molecule has 148 valence electrons. The molecule has 0 bridgehead atoms. The van der Waals surface area contributed by atoms with Crippen LogP contribution in [-0.2, 0) is 0 Å². The van der Waals surface area contributed by atoms with E-state index in [9.17, 15) is 4.79 Å². The maximum atomic E-state index is 10.4. The van der Waals surface area contributed by atoms with E-state index in [0.717, 1.165) is 6.42 Å². The molecule has 0 aliphatic rings. The van der Waals surface area contributed by atoms with Crippen molar-refractivity contribution in [3.05, 3.63) is 71.8 Å². The molecular formula is C19H28Cl3N2NaO2. The first kappa shape index (κ1) is 34.4. The van der Waals surface area contributed by atoms with Gasteiger partial charge in [0.25, 0.3) is 5.24 Å². The fourth-order valence-corrected chi connectivity index (χ4v) is 2.01. The molecule has 0 aliphatic carbocycles. The van der Waals surface area contributed by atoms with E-state index >= 15 is 0 Å². The van der Waals surface area contributed by atoms with E-state index in [1.807, 2.05) is 38.1 Å². The van der Waals surface area contributed by atoms with Crippen molar-refractivity contribution in [2.45, 2.75) is 32.7 Å². The van der Waals surface area contributed by atoms with E-state index in [0.29, 0.717) is 11.4 Å². The molecule has 27 heavy (non-hydrogen) atoms. The average molecular weight is 446 g/mol. The number of nitrogens with one attached hydrogen (secondary N) is 1. The van der Waals surface area contributed by atoms with E-state index in [4.69, 9.17) is 29.0 Å². The Balaban J connectivity index is -0.000000140. The molecule has 0 spiro atoms. The Hall–Kier alpha value is -0.140. The zero-order valence-electron chi connectivity index (χ0n) is 16.3. The molecule has 0 radical (unpaired) electrons. The molecule has 0 aromatic heterocycles. The number of hydrogen-bond donors (Lipinski definition) is 2. The van der Waals surface area contributed by atoms with Gasteiger partial charge in [-0.15, -0.1) is 24.0 Å². The molecule has 0 amide bonds. The fraction of sp³-hybridized carbons (Fsp3) is 0.316. The number of nitrogens with two attached hydrogens (primary N) is 1. The summed E-state index contributed by atoms with van der Waals surface area (Å²) in [6.07, 6.45) is 0.894. The summed E-state index contributed by atoms with van der Waals surface area (Å²) < 4.78 is 0. The molecule has 0 saturated carbocycles. The zero-order valence-corrected chi connectivity index (χ0v) is 20.6. The van der Waals surface area contributed by atoms with Crippen molar-refractivity contribution in [3.63, 3.8) is 0 Å². The molecule has 0 heterocycles. The summed E-state index contributed by atoms with van der Waals surface area (Å²) >= 11 is 10.6. The minimum atomic E-state index is -0.407. The molecule has 0 atom stereocenters. The van der Waals surface area contributed by atoms with E-state index in [1.54, 1.807) is 24.3 Å². The van der Waals surface area contributed by atoms with Crippen LogP contribution in [0.5, 0.6) is 0 Å². The van der Waals surface area contributed by atoms with Crippen LogP contribution in [0.1, 0.15) is 36.2 Å². The molecule has 2 rings (SSSR count). The van der Waals surface area contributed by atoms with Crippen LogP contribution in [0.2, 0.25) is 0 Å². The third-order valence-electron chi connectivity index (χ3n) is 3.05. The van der Waals surface area contributed by atoms with Crippen LogP contribution in [0.15, 0.2) is 60.7 Å². The van der Waals surface area contributed by atoms with Gasteiger partial charge < -0.3 is 5.48 Å². The van der Waals surface area contributed by atoms with Crippen molar-refractivity contribution < 1.29 is 39.8 Å². The number of carbonyl (C=O) groups is 1. The Morgan fingerprint density at radius 1 is 1.04 bits per heavy atom. The number of halogens is 3. The van der Waals surface area contributed by atoms with E-state index in [-0.39, 0.29) is 53.0 Å². The Kier molecular flexibility index (Phi) is 26.2. The molecule has 0 saturated heterocycles. The Morgan fingerprint density at radius 2 is 1.44 bits per heavy atom. The summed E-state index contributed by atoms with van der Waals surface area (Å²) in [6.45, 7) is 6.10. The number of alkyl halides is 1. The normalized spacial score (nSPS) is 8.81. The third kappa shape index (κ3) is 20.4. The van der Waals surface area contributed by atoms with Gasteiger partial charge >= 0.3 is 29.6 Å². The maximum Gasteiger partial charge on any atom is 1.00 e. The van der Waals surface area contributed by atoms with Gasteiger partial charge in [-0.05, 0) is 38.8 Å². The van der Waals surface area contributed by atoms with Gasteiger partial charge in [0.2, 0.25) is 0 Å². The number of benzene rings is 2. The zero-order chi connectivity index (χ0) is 18.4. The first-order chi connectivity index (χ1) is 11.3.